The predicted octanol–water partition coefficient (Wildman–Crippen LogP) is 1.63. The van der Waals surface area contributed by atoms with Crippen molar-refractivity contribution >= 4 is 14.7 Å². The second-order valence-corrected chi connectivity index (χ2v) is 3.38. The highest BCUT2D eigenvalue weighted by molar-refractivity contribution is 6.51. The van der Waals surface area contributed by atoms with Crippen LogP contribution in [0.2, 0.25) is 6.55 Å². The van der Waals surface area contributed by atoms with Gasteiger partial charge in [-0.1, -0.05) is 42.9 Å². The fraction of sp³-hybridized carbons (Fsp3) is 0.333. The molecule has 0 aliphatic carbocycles. The van der Waals surface area contributed by atoms with Crippen molar-refractivity contribution in [2.24, 2.45) is 0 Å². The molecule has 10 heavy (non-hydrogen) atoms. The van der Waals surface area contributed by atoms with Crippen LogP contribution >= 0.6 is 0 Å². The van der Waals surface area contributed by atoms with Gasteiger partial charge in [-0.25, -0.2) is 0 Å². The van der Waals surface area contributed by atoms with E-state index in [1.54, 1.807) is 0 Å². The van der Waals surface area contributed by atoms with Gasteiger partial charge in [0, 0.05) is 0 Å². The molecule has 0 saturated carbocycles. The van der Waals surface area contributed by atoms with E-state index in [0.29, 0.717) is 0 Å². The molecule has 1 rings (SSSR count). The molecule has 1 heteroatoms. The highest BCUT2D eigenvalue weighted by Crippen LogP contribution is 1.96. The average Bonchev–Trinajstić information content (AvgIpc) is 2.05. The highest BCUT2D eigenvalue weighted by Gasteiger charge is 1.88. The van der Waals surface area contributed by atoms with Crippen LogP contribution in [0.5, 0.6) is 0 Å². The standard InChI is InChI=1S/C9H12Si/c1-3-8-4-6-9(10-2)7-5-8/h4-7H,3H2,1-2H3. The van der Waals surface area contributed by atoms with E-state index in [1.165, 1.54) is 10.8 Å². The number of rotatable bonds is 2. The van der Waals surface area contributed by atoms with E-state index in [4.69, 9.17) is 0 Å². The zero-order valence-electron chi connectivity index (χ0n) is 6.52. The minimum Gasteiger partial charge on any atom is -0.0688 e. The maximum Gasteiger partial charge on any atom is 0.0773 e. The van der Waals surface area contributed by atoms with Gasteiger partial charge in [-0.2, -0.15) is 0 Å². The van der Waals surface area contributed by atoms with Crippen LogP contribution in [0.4, 0.5) is 0 Å². The van der Waals surface area contributed by atoms with Crippen LogP contribution in [-0.2, 0) is 6.42 Å². The molecule has 0 saturated heterocycles. The van der Waals surface area contributed by atoms with Gasteiger partial charge < -0.3 is 0 Å². The molecule has 0 heterocycles. The zero-order valence-corrected chi connectivity index (χ0v) is 7.52. The van der Waals surface area contributed by atoms with Crippen LogP contribution in [0.25, 0.3) is 0 Å². The molecular formula is C9H12Si. The van der Waals surface area contributed by atoms with E-state index in [0.717, 1.165) is 15.9 Å². The van der Waals surface area contributed by atoms with Crippen LogP contribution < -0.4 is 5.19 Å². The molecule has 0 fully saturated rings. The minimum absolute atomic E-state index is 0.928. The number of hydrogen-bond donors (Lipinski definition) is 0. The lowest BCUT2D eigenvalue weighted by Gasteiger charge is -1.96. The van der Waals surface area contributed by atoms with E-state index in [9.17, 15) is 0 Å². The van der Waals surface area contributed by atoms with Crippen LogP contribution in [0.1, 0.15) is 12.5 Å². The first-order chi connectivity index (χ1) is 4.86. The van der Waals surface area contributed by atoms with Gasteiger partial charge in [0.2, 0.25) is 0 Å². The lowest BCUT2D eigenvalue weighted by atomic mass is 10.2. The molecule has 0 unspecified atom stereocenters. The molecule has 0 spiro atoms. The summed E-state index contributed by atoms with van der Waals surface area (Å²) in [5, 5.41) is 1.46. The van der Waals surface area contributed by atoms with Crippen molar-refractivity contribution in [2.75, 3.05) is 0 Å². The van der Waals surface area contributed by atoms with Gasteiger partial charge in [0.05, 0.1) is 9.52 Å². The lowest BCUT2D eigenvalue weighted by Crippen LogP contribution is -2.08. The summed E-state index contributed by atoms with van der Waals surface area (Å²) >= 11 is 0. The Morgan fingerprint density at radius 3 is 2.20 bits per heavy atom. The molecule has 0 aliphatic rings. The van der Waals surface area contributed by atoms with Crippen molar-refractivity contribution in [3.63, 3.8) is 0 Å². The Balaban J connectivity index is 2.80. The van der Waals surface area contributed by atoms with Gasteiger partial charge in [0.15, 0.2) is 0 Å². The smallest absolute Gasteiger partial charge is 0.0688 e. The summed E-state index contributed by atoms with van der Waals surface area (Å²) < 4.78 is 0. The Kier molecular flexibility index (Phi) is 2.69. The van der Waals surface area contributed by atoms with Crippen molar-refractivity contribution in [1.29, 1.82) is 0 Å². The summed E-state index contributed by atoms with van der Waals surface area (Å²) in [6.45, 7) is 4.39. The summed E-state index contributed by atoms with van der Waals surface area (Å²) in [5.41, 5.74) is 1.43. The normalized spacial score (nSPS) is 9.80. The Morgan fingerprint density at radius 1 is 1.20 bits per heavy atom. The van der Waals surface area contributed by atoms with Gasteiger partial charge in [-0.05, 0) is 12.0 Å². The Labute approximate surface area is 65.1 Å². The first kappa shape index (κ1) is 7.54. The maximum atomic E-state index is 2.22. The molecule has 0 aromatic heterocycles. The maximum absolute atomic E-state index is 2.22. The summed E-state index contributed by atoms with van der Waals surface area (Å²) in [6.07, 6.45) is 1.15. The monoisotopic (exact) mass is 148 g/mol. The van der Waals surface area contributed by atoms with Crippen LogP contribution in [0, 0.1) is 0 Å². The molecule has 1 aromatic carbocycles. The fourth-order valence-electron chi connectivity index (χ4n) is 0.907. The van der Waals surface area contributed by atoms with E-state index >= 15 is 0 Å². The third kappa shape index (κ3) is 1.71. The first-order valence-corrected chi connectivity index (χ1v) is 5.13. The highest BCUT2D eigenvalue weighted by atomic mass is 28.2. The van der Waals surface area contributed by atoms with Crippen molar-refractivity contribution in [2.45, 2.75) is 19.9 Å². The molecule has 0 aliphatic heterocycles. The molecule has 0 bridgehead atoms. The molecule has 0 atom stereocenters. The van der Waals surface area contributed by atoms with Crippen LogP contribution in [-0.4, -0.2) is 9.52 Å². The van der Waals surface area contributed by atoms with Gasteiger partial charge in [0.25, 0.3) is 0 Å². The predicted molar refractivity (Wildman–Crippen MR) is 47.1 cm³/mol. The van der Waals surface area contributed by atoms with Crippen molar-refractivity contribution in [1.82, 2.24) is 0 Å². The van der Waals surface area contributed by atoms with Crippen molar-refractivity contribution in [3.05, 3.63) is 29.8 Å². The third-order valence-electron chi connectivity index (χ3n) is 1.65. The summed E-state index contributed by atoms with van der Waals surface area (Å²) in [4.78, 5) is 0. The Hall–Kier alpha value is -0.563. The van der Waals surface area contributed by atoms with Crippen molar-refractivity contribution < 1.29 is 0 Å². The second-order valence-electron chi connectivity index (χ2n) is 2.30. The Morgan fingerprint density at radius 2 is 1.80 bits per heavy atom. The van der Waals surface area contributed by atoms with Crippen LogP contribution in [0.15, 0.2) is 24.3 Å². The quantitative estimate of drug-likeness (QED) is 0.559. The van der Waals surface area contributed by atoms with E-state index < -0.39 is 0 Å². The lowest BCUT2D eigenvalue weighted by molar-refractivity contribution is 1.14. The van der Waals surface area contributed by atoms with E-state index in [-0.39, 0.29) is 0 Å². The summed E-state index contributed by atoms with van der Waals surface area (Å²) in [6, 6.07) is 8.87. The number of aryl methyl sites for hydroxylation is 1. The van der Waals surface area contributed by atoms with Gasteiger partial charge in [0.1, 0.15) is 0 Å². The van der Waals surface area contributed by atoms with Gasteiger partial charge in [-0.15, -0.1) is 0 Å². The summed E-state index contributed by atoms with van der Waals surface area (Å²) in [5.74, 6) is 0. The topological polar surface area (TPSA) is 0 Å². The first-order valence-electron chi connectivity index (χ1n) is 3.63. The van der Waals surface area contributed by atoms with E-state index in [2.05, 4.69) is 37.7 Å². The third-order valence-corrected chi connectivity index (χ3v) is 2.56. The van der Waals surface area contributed by atoms with E-state index in [1.807, 2.05) is 0 Å². The zero-order chi connectivity index (χ0) is 7.40. The van der Waals surface area contributed by atoms with Gasteiger partial charge in [-0.3, -0.25) is 0 Å². The summed E-state index contributed by atoms with van der Waals surface area (Å²) in [7, 11) is 0.928. The minimum atomic E-state index is 0.928. The molecule has 0 amide bonds. The molecule has 1 aromatic rings. The molecule has 52 valence electrons. The van der Waals surface area contributed by atoms with Crippen molar-refractivity contribution in [3.8, 4) is 0 Å². The molecular weight excluding hydrogens is 136 g/mol. The second kappa shape index (κ2) is 3.57. The van der Waals surface area contributed by atoms with Crippen LogP contribution in [0.3, 0.4) is 0 Å². The average molecular weight is 148 g/mol. The molecule has 0 N–H and O–H groups in total. The SMILES string of the molecule is CCc1ccc([Si]C)cc1. The number of benzene rings is 1. The number of hydrogen-bond acceptors (Lipinski definition) is 0. The largest absolute Gasteiger partial charge is 0.0773 e. The van der Waals surface area contributed by atoms with Gasteiger partial charge >= 0.3 is 0 Å². The molecule has 0 nitrogen and oxygen atoms in total. The molecule has 2 radical (unpaired) electrons. The fourth-order valence-corrected chi connectivity index (χ4v) is 1.41. The Bertz CT molecular complexity index is 165.